The summed E-state index contributed by atoms with van der Waals surface area (Å²) < 4.78 is 16.9. The molecule has 0 amide bonds. The first kappa shape index (κ1) is 67.6. The number of carbonyl (C=O) groups is 3. The Kier molecular flexibility index (Phi) is 57.2. The SMILES string of the molecule is CCCCCCCCC/C=C\CCCCCCCCCC(=O)OCC(COC(=O)CCCCCCC/C=C\CCCCCCCCC)OC(=O)CCCCCCCCC/C=C\CCCCCCCCC. The van der Waals surface area contributed by atoms with Crippen molar-refractivity contribution in [3.05, 3.63) is 36.5 Å². The van der Waals surface area contributed by atoms with Crippen LogP contribution in [-0.4, -0.2) is 37.2 Å². The molecule has 0 saturated carbocycles. The van der Waals surface area contributed by atoms with Crippen LogP contribution in [0.15, 0.2) is 36.5 Å². The molecule has 6 nitrogen and oxygen atoms in total. The van der Waals surface area contributed by atoms with Crippen molar-refractivity contribution in [2.24, 2.45) is 0 Å². The number of unbranched alkanes of at least 4 members (excludes halogenated alkanes) is 40. The topological polar surface area (TPSA) is 78.9 Å². The van der Waals surface area contributed by atoms with E-state index >= 15 is 0 Å². The van der Waals surface area contributed by atoms with E-state index in [0.717, 1.165) is 64.2 Å². The van der Waals surface area contributed by atoms with Gasteiger partial charge in [-0.15, -0.1) is 0 Å². The summed E-state index contributed by atoms with van der Waals surface area (Å²) in [4.78, 5) is 38.3. The van der Waals surface area contributed by atoms with Crippen molar-refractivity contribution in [3.8, 4) is 0 Å². The van der Waals surface area contributed by atoms with E-state index in [1.54, 1.807) is 0 Å². The highest BCUT2D eigenvalue weighted by atomic mass is 16.6. The summed E-state index contributed by atoms with van der Waals surface area (Å²) in [6.07, 6.45) is 71.4. The molecule has 6 heteroatoms. The van der Waals surface area contributed by atoms with E-state index in [0.29, 0.717) is 19.3 Å². The van der Waals surface area contributed by atoms with E-state index in [1.165, 1.54) is 231 Å². The first-order valence-electron chi connectivity index (χ1n) is 31.0. The second kappa shape index (κ2) is 59.2. The zero-order valence-corrected chi connectivity index (χ0v) is 47.1. The third-order valence-electron chi connectivity index (χ3n) is 13.8. The quantitative estimate of drug-likeness (QED) is 0.0261. The van der Waals surface area contributed by atoms with Crippen molar-refractivity contribution in [2.75, 3.05) is 13.2 Å². The Balaban J connectivity index is 4.37. The van der Waals surface area contributed by atoms with E-state index in [-0.39, 0.29) is 31.1 Å². The molecule has 70 heavy (non-hydrogen) atoms. The molecular formula is C64H118O6. The van der Waals surface area contributed by atoms with Crippen molar-refractivity contribution in [1.82, 2.24) is 0 Å². The van der Waals surface area contributed by atoms with Gasteiger partial charge in [0.15, 0.2) is 6.10 Å². The molecule has 0 N–H and O–H groups in total. The molecule has 0 heterocycles. The van der Waals surface area contributed by atoms with Crippen LogP contribution in [0.5, 0.6) is 0 Å². The van der Waals surface area contributed by atoms with Crippen LogP contribution in [0.25, 0.3) is 0 Å². The second-order valence-electron chi connectivity index (χ2n) is 21.0. The van der Waals surface area contributed by atoms with Crippen LogP contribution in [0.2, 0.25) is 0 Å². The van der Waals surface area contributed by atoms with Gasteiger partial charge in [0.25, 0.3) is 0 Å². The average molecular weight is 984 g/mol. The lowest BCUT2D eigenvalue weighted by Gasteiger charge is -2.18. The van der Waals surface area contributed by atoms with Gasteiger partial charge in [-0.05, 0) is 96.3 Å². The number of esters is 3. The fraction of sp³-hybridized carbons (Fsp3) is 0.859. The van der Waals surface area contributed by atoms with Gasteiger partial charge < -0.3 is 14.2 Å². The van der Waals surface area contributed by atoms with Crippen LogP contribution >= 0.6 is 0 Å². The highest BCUT2D eigenvalue weighted by Gasteiger charge is 2.19. The second-order valence-corrected chi connectivity index (χ2v) is 21.0. The zero-order chi connectivity index (χ0) is 50.7. The van der Waals surface area contributed by atoms with Crippen LogP contribution in [-0.2, 0) is 28.6 Å². The maximum Gasteiger partial charge on any atom is 0.306 e. The van der Waals surface area contributed by atoms with Crippen LogP contribution in [0.1, 0.15) is 335 Å². The molecule has 0 radical (unpaired) electrons. The summed E-state index contributed by atoms with van der Waals surface area (Å²) in [5.74, 6) is -0.873. The van der Waals surface area contributed by atoms with Gasteiger partial charge in [0.2, 0.25) is 0 Å². The van der Waals surface area contributed by atoms with Crippen molar-refractivity contribution in [3.63, 3.8) is 0 Å². The smallest absolute Gasteiger partial charge is 0.306 e. The number of carbonyl (C=O) groups excluding carboxylic acids is 3. The first-order valence-corrected chi connectivity index (χ1v) is 31.0. The van der Waals surface area contributed by atoms with Crippen molar-refractivity contribution >= 4 is 17.9 Å². The maximum absolute atomic E-state index is 12.9. The van der Waals surface area contributed by atoms with E-state index in [2.05, 4.69) is 57.2 Å². The number of hydrogen-bond acceptors (Lipinski definition) is 6. The monoisotopic (exact) mass is 983 g/mol. The Morgan fingerprint density at radius 2 is 0.471 bits per heavy atom. The number of allylic oxidation sites excluding steroid dienone is 6. The van der Waals surface area contributed by atoms with Gasteiger partial charge in [-0.3, -0.25) is 14.4 Å². The molecule has 0 bridgehead atoms. The largest absolute Gasteiger partial charge is 0.462 e. The molecule has 1 unspecified atom stereocenters. The molecule has 0 aliphatic heterocycles. The average Bonchev–Trinajstić information content (AvgIpc) is 3.36. The molecule has 0 aliphatic carbocycles. The Morgan fingerprint density at radius 1 is 0.271 bits per heavy atom. The summed E-state index contributed by atoms with van der Waals surface area (Å²) >= 11 is 0. The lowest BCUT2D eigenvalue weighted by Crippen LogP contribution is -2.30. The Morgan fingerprint density at radius 3 is 0.714 bits per heavy atom. The standard InChI is InChI=1S/C64H118O6/c1-4-7-10-13-16-19-22-25-28-31-33-36-39-42-45-48-51-54-57-63(66)69-60-61(59-68-62(65)56-53-50-47-44-41-38-35-30-27-24-21-18-15-12-9-6-3)70-64(67)58-55-52-49-46-43-40-37-34-32-29-26-23-20-17-14-11-8-5-2/h28-32,35,61H,4-27,33-34,36-60H2,1-3H3/b31-28-,32-29-,35-30-. The molecule has 410 valence electrons. The van der Waals surface area contributed by atoms with E-state index < -0.39 is 6.10 Å². The number of hydrogen-bond donors (Lipinski definition) is 0. The molecule has 0 aromatic heterocycles. The summed E-state index contributed by atoms with van der Waals surface area (Å²) in [7, 11) is 0. The van der Waals surface area contributed by atoms with Crippen LogP contribution in [0.3, 0.4) is 0 Å². The minimum atomic E-state index is -0.779. The molecule has 0 rings (SSSR count). The fourth-order valence-electron chi connectivity index (χ4n) is 9.13. The Bertz CT molecular complexity index is 1170. The lowest BCUT2D eigenvalue weighted by molar-refractivity contribution is -0.167. The van der Waals surface area contributed by atoms with Crippen molar-refractivity contribution < 1.29 is 28.6 Å². The minimum Gasteiger partial charge on any atom is -0.462 e. The highest BCUT2D eigenvalue weighted by Crippen LogP contribution is 2.16. The van der Waals surface area contributed by atoms with Crippen molar-refractivity contribution in [2.45, 2.75) is 341 Å². The lowest BCUT2D eigenvalue weighted by atomic mass is 10.1. The van der Waals surface area contributed by atoms with Gasteiger partial charge >= 0.3 is 17.9 Å². The predicted molar refractivity (Wildman–Crippen MR) is 302 cm³/mol. The van der Waals surface area contributed by atoms with Gasteiger partial charge in [0, 0.05) is 19.3 Å². The van der Waals surface area contributed by atoms with Crippen LogP contribution < -0.4 is 0 Å². The van der Waals surface area contributed by atoms with Crippen molar-refractivity contribution in [1.29, 1.82) is 0 Å². The van der Waals surface area contributed by atoms with E-state index in [9.17, 15) is 14.4 Å². The Labute approximate surface area is 435 Å². The predicted octanol–water partition coefficient (Wildman–Crippen LogP) is 20.8. The molecule has 0 fully saturated rings. The van der Waals surface area contributed by atoms with Gasteiger partial charge in [0.1, 0.15) is 13.2 Å². The van der Waals surface area contributed by atoms with E-state index in [4.69, 9.17) is 14.2 Å². The number of rotatable bonds is 57. The molecular weight excluding hydrogens is 865 g/mol. The summed E-state index contributed by atoms with van der Waals surface area (Å²) in [6, 6.07) is 0. The van der Waals surface area contributed by atoms with Gasteiger partial charge in [0.05, 0.1) is 0 Å². The molecule has 0 saturated heterocycles. The fourth-order valence-corrected chi connectivity index (χ4v) is 9.13. The molecule has 0 aliphatic rings. The minimum absolute atomic E-state index is 0.0762. The summed E-state index contributed by atoms with van der Waals surface area (Å²) in [5, 5.41) is 0. The first-order chi connectivity index (χ1) is 34.5. The Hall–Kier alpha value is -2.37. The molecule has 0 aromatic rings. The van der Waals surface area contributed by atoms with Gasteiger partial charge in [-0.25, -0.2) is 0 Å². The third kappa shape index (κ3) is 56.5. The summed E-state index contributed by atoms with van der Waals surface area (Å²) in [5.41, 5.74) is 0. The summed E-state index contributed by atoms with van der Waals surface area (Å²) in [6.45, 7) is 6.67. The normalized spacial score (nSPS) is 12.2. The van der Waals surface area contributed by atoms with Crippen LogP contribution in [0, 0.1) is 0 Å². The molecule has 0 spiro atoms. The zero-order valence-electron chi connectivity index (χ0n) is 47.1. The van der Waals surface area contributed by atoms with E-state index in [1.807, 2.05) is 0 Å². The molecule has 1 atom stereocenters. The van der Waals surface area contributed by atoms with Gasteiger partial charge in [-0.1, -0.05) is 256 Å². The number of ether oxygens (including phenoxy) is 3. The maximum atomic E-state index is 12.9. The van der Waals surface area contributed by atoms with Crippen LogP contribution in [0.4, 0.5) is 0 Å². The molecule has 0 aromatic carbocycles. The third-order valence-corrected chi connectivity index (χ3v) is 13.8. The van der Waals surface area contributed by atoms with Gasteiger partial charge in [-0.2, -0.15) is 0 Å². The highest BCUT2D eigenvalue weighted by molar-refractivity contribution is 5.71.